The van der Waals surface area contributed by atoms with Gasteiger partial charge in [-0.1, -0.05) is 37.6 Å². The number of benzene rings is 2. The van der Waals surface area contributed by atoms with Gasteiger partial charge >= 0.3 is 0 Å². The lowest BCUT2D eigenvalue weighted by Crippen LogP contribution is -2.51. The maximum absolute atomic E-state index is 14.2. The van der Waals surface area contributed by atoms with E-state index in [4.69, 9.17) is 4.42 Å². The van der Waals surface area contributed by atoms with Crippen molar-refractivity contribution < 1.29 is 17.6 Å². The first kappa shape index (κ1) is 25.0. The molecule has 1 aromatic heterocycles. The van der Waals surface area contributed by atoms with Crippen LogP contribution in [0.3, 0.4) is 0 Å². The molecule has 0 unspecified atom stereocenters. The van der Waals surface area contributed by atoms with Gasteiger partial charge in [0.05, 0.1) is 4.90 Å². The molecule has 192 valence electrons. The summed E-state index contributed by atoms with van der Waals surface area (Å²) in [6.07, 6.45) is 6.56. The van der Waals surface area contributed by atoms with E-state index in [2.05, 4.69) is 18.8 Å². The normalized spacial score (nSPS) is 21.1. The van der Waals surface area contributed by atoms with Crippen molar-refractivity contribution in [1.29, 1.82) is 0 Å². The van der Waals surface area contributed by atoms with Crippen LogP contribution >= 0.6 is 0 Å². The van der Waals surface area contributed by atoms with E-state index in [1.165, 1.54) is 10.7 Å². The van der Waals surface area contributed by atoms with Crippen LogP contribution in [0.2, 0.25) is 0 Å². The van der Waals surface area contributed by atoms with Gasteiger partial charge in [-0.3, -0.25) is 4.79 Å². The Morgan fingerprint density at radius 2 is 1.83 bits per heavy atom. The second kappa shape index (κ2) is 9.63. The van der Waals surface area contributed by atoms with Gasteiger partial charge in [0.1, 0.15) is 11.6 Å². The van der Waals surface area contributed by atoms with Gasteiger partial charge in [0.25, 0.3) is 0 Å². The van der Waals surface area contributed by atoms with E-state index in [1.54, 1.807) is 24.3 Å². The summed E-state index contributed by atoms with van der Waals surface area (Å²) < 4.78 is 34.0. The SMILES string of the molecule is Cc1ccc(S(=O)(=O)N2CCC[C@H]2C(=O)N(Cc2ccc3ncoc3c2)C2CCC(C)(C)CC2)cc1. The minimum Gasteiger partial charge on any atom is -0.443 e. The van der Waals surface area contributed by atoms with Crippen LogP contribution in [-0.2, 0) is 21.4 Å². The maximum Gasteiger partial charge on any atom is 0.243 e. The Morgan fingerprint density at radius 3 is 2.56 bits per heavy atom. The van der Waals surface area contributed by atoms with E-state index in [9.17, 15) is 13.2 Å². The zero-order chi connectivity index (χ0) is 25.5. The molecule has 2 aliphatic rings. The predicted octanol–water partition coefficient (Wildman–Crippen LogP) is 5.29. The molecule has 5 rings (SSSR count). The molecule has 1 saturated heterocycles. The van der Waals surface area contributed by atoms with Crippen LogP contribution in [0.25, 0.3) is 11.1 Å². The third-order valence-electron chi connectivity index (χ3n) is 7.90. The van der Waals surface area contributed by atoms with Gasteiger partial charge in [-0.25, -0.2) is 13.4 Å². The van der Waals surface area contributed by atoms with Crippen molar-refractivity contribution in [2.45, 2.75) is 82.8 Å². The predicted molar refractivity (Wildman–Crippen MR) is 139 cm³/mol. The third kappa shape index (κ3) is 4.93. The first-order valence-corrected chi connectivity index (χ1v) is 14.3. The summed E-state index contributed by atoms with van der Waals surface area (Å²) in [5.41, 5.74) is 3.69. The smallest absolute Gasteiger partial charge is 0.243 e. The molecule has 0 bridgehead atoms. The van der Waals surface area contributed by atoms with Crippen molar-refractivity contribution in [1.82, 2.24) is 14.2 Å². The fourth-order valence-corrected chi connectivity index (χ4v) is 7.24. The number of fused-ring (bicyclic) bond motifs is 1. The number of nitrogens with zero attached hydrogens (tertiary/aromatic N) is 3. The molecule has 7 nitrogen and oxygen atoms in total. The topological polar surface area (TPSA) is 83.7 Å². The summed E-state index contributed by atoms with van der Waals surface area (Å²) in [6.45, 7) is 7.27. The number of hydrogen-bond donors (Lipinski definition) is 0. The summed E-state index contributed by atoms with van der Waals surface area (Å²) in [6, 6.07) is 12.1. The molecule has 1 amide bonds. The van der Waals surface area contributed by atoms with Gasteiger partial charge in [0.2, 0.25) is 15.9 Å². The lowest BCUT2D eigenvalue weighted by atomic mass is 9.75. The van der Waals surface area contributed by atoms with Crippen LogP contribution in [0.5, 0.6) is 0 Å². The summed E-state index contributed by atoms with van der Waals surface area (Å²) in [7, 11) is -3.76. The average molecular weight is 510 g/mol. The number of oxazole rings is 1. The second-order valence-electron chi connectivity index (χ2n) is 11.1. The Kier molecular flexibility index (Phi) is 6.68. The van der Waals surface area contributed by atoms with Gasteiger partial charge < -0.3 is 9.32 Å². The van der Waals surface area contributed by atoms with Crippen LogP contribution in [-0.4, -0.2) is 47.1 Å². The molecule has 0 N–H and O–H groups in total. The van der Waals surface area contributed by atoms with E-state index < -0.39 is 16.1 Å². The maximum atomic E-state index is 14.2. The van der Waals surface area contributed by atoms with Crippen LogP contribution < -0.4 is 0 Å². The summed E-state index contributed by atoms with van der Waals surface area (Å²) in [5, 5.41) is 0. The third-order valence-corrected chi connectivity index (χ3v) is 9.82. The zero-order valence-corrected chi connectivity index (χ0v) is 22.1. The molecular weight excluding hydrogens is 474 g/mol. The van der Waals surface area contributed by atoms with Crippen LogP contribution in [0.4, 0.5) is 0 Å². The van der Waals surface area contributed by atoms with Crippen molar-refractivity contribution in [2.24, 2.45) is 5.41 Å². The molecule has 2 fully saturated rings. The monoisotopic (exact) mass is 509 g/mol. The molecule has 1 atom stereocenters. The number of carbonyl (C=O) groups excluding carboxylic acids is 1. The van der Waals surface area contributed by atoms with Crippen molar-refractivity contribution in [3.8, 4) is 0 Å². The Morgan fingerprint density at radius 1 is 1.11 bits per heavy atom. The number of aryl methyl sites for hydroxylation is 1. The Balaban J connectivity index is 1.44. The van der Waals surface area contributed by atoms with Crippen molar-refractivity contribution in [3.05, 3.63) is 60.0 Å². The Labute approximate surface area is 213 Å². The van der Waals surface area contributed by atoms with Crippen molar-refractivity contribution in [3.63, 3.8) is 0 Å². The van der Waals surface area contributed by atoms with Crippen LogP contribution in [0, 0.1) is 12.3 Å². The molecule has 8 heteroatoms. The van der Waals surface area contributed by atoms with Crippen LogP contribution in [0.15, 0.2) is 58.2 Å². The van der Waals surface area contributed by atoms with E-state index >= 15 is 0 Å². The first-order chi connectivity index (χ1) is 17.1. The number of aromatic nitrogens is 1. The van der Waals surface area contributed by atoms with Crippen LogP contribution in [0.1, 0.15) is 63.5 Å². The second-order valence-corrected chi connectivity index (χ2v) is 13.0. The minimum atomic E-state index is -3.76. The van der Waals surface area contributed by atoms with Crippen molar-refractivity contribution in [2.75, 3.05) is 6.54 Å². The largest absolute Gasteiger partial charge is 0.443 e. The molecule has 0 radical (unpaired) electrons. The van der Waals surface area contributed by atoms with Gasteiger partial charge in [0.15, 0.2) is 12.0 Å². The summed E-state index contributed by atoms with van der Waals surface area (Å²) in [5.74, 6) is -0.0921. The highest BCUT2D eigenvalue weighted by molar-refractivity contribution is 7.89. The van der Waals surface area contributed by atoms with Gasteiger partial charge in [-0.05, 0) is 80.7 Å². The zero-order valence-electron chi connectivity index (χ0n) is 21.3. The quantitative estimate of drug-likeness (QED) is 0.451. The lowest BCUT2D eigenvalue weighted by Gasteiger charge is -2.41. The van der Waals surface area contributed by atoms with Gasteiger partial charge in [-0.15, -0.1) is 0 Å². The Hall–Kier alpha value is -2.71. The average Bonchev–Trinajstić information content (AvgIpc) is 3.52. The van der Waals surface area contributed by atoms with Gasteiger partial charge in [-0.2, -0.15) is 4.31 Å². The minimum absolute atomic E-state index is 0.0838. The molecular formula is C28H35N3O4S. The van der Waals surface area contributed by atoms with E-state index in [-0.39, 0.29) is 22.3 Å². The van der Waals surface area contributed by atoms with Crippen molar-refractivity contribution >= 4 is 27.0 Å². The van der Waals surface area contributed by atoms with E-state index in [0.29, 0.717) is 31.5 Å². The number of rotatable bonds is 6. The molecule has 2 aromatic carbocycles. The molecule has 36 heavy (non-hydrogen) atoms. The van der Waals surface area contributed by atoms with E-state index in [0.717, 1.165) is 42.3 Å². The highest BCUT2D eigenvalue weighted by Crippen LogP contribution is 2.38. The molecule has 2 heterocycles. The highest BCUT2D eigenvalue weighted by Gasteiger charge is 2.43. The fraction of sp³-hybridized carbons (Fsp3) is 0.500. The summed E-state index contributed by atoms with van der Waals surface area (Å²) in [4.78, 5) is 20.5. The molecule has 3 aromatic rings. The number of amides is 1. The molecule has 0 spiro atoms. The molecule has 1 aliphatic heterocycles. The van der Waals surface area contributed by atoms with Gasteiger partial charge in [0, 0.05) is 19.1 Å². The lowest BCUT2D eigenvalue weighted by molar-refractivity contribution is -0.139. The first-order valence-electron chi connectivity index (χ1n) is 12.9. The number of sulfonamides is 1. The van der Waals surface area contributed by atoms with E-state index in [1.807, 2.05) is 30.0 Å². The molecule has 1 aliphatic carbocycles. The Bertz CT molecular complexity index is 1340. The highest BCUT2D eigenvalue weighted by atomic mass is 32.2. The number of hydrogen-bond acceptors (Lipinski definition) is 5. The fourth-order valence-electron chi connectivity index (χ4n) is 5.59. The summed E-state index contributed by atoms with van der Waals surface area (Å²) >= 11 is 0. The number of carbonyl (C=O) groups is 1. The standard InChI is InChI=1S/C28H35N3O4S/c1-20-6-9-23(10-7-20)36(33,34)31-16-4-5-25(31)27(32)30(22-12-14-28(2,3)15-13-22)18-21-8-11-24-26(17-21)35-19-29-24/h6-11,17,19,22,25H,4-5,12-16,18H2,1-3H3/t25-/m0/s1. The molecule has 1 saturated carbocycles.